The van der Waals surface area contributed by atoms with Gasteiger partial charge in [0, 0.05) is 38.3 Å². The highest BCUT2D eigenvalue weighted by Crippen LogP contribution is 2.25. The van der Waals surface area contributed by atoms with Crippen LogP contribution in [0.2, 0.25) is 0 Å². The number of aryl methyl sites for hydroxylation is 2. The number of ether oxygens (including phenoxy) is 1. The quantitative estimate of drug-likeness (QED) is 0.591. The molecule has 8 heteroatoms. The van der Waals surface area contributed by atoms with Gasteiger partial charge in [-0.1, -0.05) is 43.2 Å². The molecule has 4 heterocycles. The van der Waals surface area contributed by atoms with E-state index in [1.807, 2.05) is 6.33 Å². The molecule has 1 fully saturated rings. The first-order valence-corrected chi connectivity index (χ1v) is 11.7. The lowest BCUT2D eigenvalue weighted by atomic mass is 10.1. The van der Waals surface area contributed by atoms with E-state index >= 15 is 0 Å². The van der Waals surface area contributed by atoms with Crippen LogP contribution < -0.4 is 14.5 Å². The van der Waals surface area contributed by atoms with Crippen molar-refractivity contribution in [2.45, 2.75) is 51.6 Å². The number of fused-ring (bicyclic) bond motifs is 1. The first-order valence-electron chi connectivity index (χ1n) is 11.7. The molecule has 2 aliphatic heterocycles. The summed E-state index contributed by atoms with van der Waals surface area (Å²) in [5, 5.41) is 0. The van der Waals surface area contributed by atoms with E-state index in [-0.39, 0.29) is 0 Å². The topological polar surface area (TPSA) is 72.2 Å². The van der Waals surface area contributed by atoms with E-state index in [0.717, 1.165) is 50.7 Å². The molecule has 0 N–H and O–H groups in total. The normalized spacial score (nSPS) is 16.5. The van der Waals surface area contributed by atoms with Gasteiger partial charge in [-0.2, -0.15) is 15.0 Å². The highest BCUT2D eigenvalue weighted by Gasteiger charge is 2.25. The fourth-order valence-electron chi connectivity index (χ4n) is 4.61. The zero-order valence-corrected chi connectivity index (χ0v) is 18.8. The molecule has 2 aromatic heterocycles. The lowest BCUT2D eigenvalue weighted by Gasteiger charge is -2.28. The molecule has 0 spiro atoms. The van der Waals surface area contributed by atoms with Crippen LogP contribution in [0.1, 0.15) is 42.6 Å². The molecule has 0 atom stereocenters. The SMILES string of the molecule is COc1nc(N2CCCCCC2)nc(N2CCc3c(ncn3CCc3ccccc3)C2)n1. The van der Waals surface area contributed by atoms with Gasteiger partial charge in [-0.3, -0.25) is 0 Å². The van der Waals surface area contributed by atoms with E-state index in [0.29, 0.717) is 18.5 Å². The minimum atomic E-state index is 0.383. The Morgan fingerprint density at radius 1 is 0.875 bits per heavy atom. The summed E-state index contributed by atoms with van der Waals surface area (Å²) in [6.45, 7) is 4.49. The minimum absolute atomic E-state index is 0.383. The lowest BCUT2D eigenvalue weighted by Crippen LogP contribution is -2.34. The summed E-state index contributed by atoms with van der Waals surface area (Å²) in [5.41, 5.74) is 3.79. The van der Waals surface area contributed by atoms with E-state index in [2.05, 4.69) is 54.7 Å². The van der Waals surface area contributed by atoms with Crippen molar-refractivity contribution in [3.63, 3.8) is 0 Å². The van der Waals surface area contributed by atoms with Gasteiger partial charge in [-0.05, 0) is 24.8 Å². The predicted molar refractivity (Wildman–Crippen MR) is 124 cm³/mol. The maximum Gasteiger partial charge on any atom is 0.322 e. The molecule has 3 aromatic rings. The number of benzene rings is 1. The van der Waals surface area contributed by atoms with Gasteiger partial charge in [0.1, 0.15) is 0 Å². The second-order valence-corrected chi connectivity index (χ2v) is 8.56. The van der Waals surface area contributed by atoms with Crippen molar-refractivity contribution in [3.8, 4) is 6.01 Å². The second-order valence-electron chi connectivity index (χ2n) is 8.56. The van der Waals surface area contributed by atoms with Crippen LogP contribution in [0.25, 0.3) is 0 Å². The standard InChI is InChI=1S/C24H31N7O/c1-32-24-27-22(29-13-7-2-3-8-14-29)26-23(28-24)30-16-12-21-20(17-30)25-18-31(21)15-11-19-9-5-4-6-10-19/h4-6,9-10,18H,2-3,7-8,11-17H2,1H3. The minimum Gasteiger partial charge on any atom is -0.467 e. The molecule has 5 rings (SSSR count). The number of methoxy groups -OCH3 is 1. The van der Waals surface area contributed by atoms with E-state index < -0.39 is 0 Å². The summed E-state index contributed by atoms with van der Waals surface area (Å²) in [6.07, 6.45) is 8.82. The number of nitrogens with zero attached hydrogens (tertiary/aromatic N) is 7. The number of imidazole rings is 1. The third-order valence-electron chi connectivity index (χ3n) is 6.42. The first kappa shape index (κ1) is 20.7. The molecule has 0 bridgehead atoms. The fourth-order valence-corrected chi connectivity index (χ4v) is 4.61. The average molecular weight is 434 g/mol. The smallest absolute Gasteiger partial charge is 0.322 e. The average Bonchev–Trinajstić information content (AvgIpc) is 3.05. The van der Waals surface area contributed by atoms with Crippen molar-refractivity contribution in [1.29, 1.82) is 0 Å². The number of hydrogen-bond donors (Lipinski definition) is 0. The number of rotatable bonds is 6. The van der Waals surface area contributed by atoms with Crippen LogP contribution in [0.5, 0.6) is 6.01 Å². The number of hydrogen-bond acceptors (Lipinski definition) is 7. The Balaban J connectivity index is 1.32. The van der Waals surface area contributed by atoms with Gasteiger partial charge >= 0.3 is 6.01 Å². The summed E-state index contributed by atoms with van der Waals surface area (Å²) >= 11 is 0. The van der Waals surface area contributed by atoms with Crippen LogP contribution in [0.4, 0.5) is 11.9 Å². The van der Waals surface area contributed by atoms with Crippen LogP contribution in [0.15, 0.2) is 36.7 Å². The molecular formula is C24H31N7O. The Kier molecular flexibility index (Phi) is 6.18. The Morgan fingerprint density at radius 2 is 1.62 bits per heavy atom. The summed E-state index contributed by atoms with van der Waals surface area (Å²) in [4.78, 5) is 23.1. The van der Waals surface area contributed by atoms with Gasteiger partial charge < -0.3 is 19.1 Å². The summed E-state index contributed by atoms with van der Waals surface area (Å²) in [6, 6.07) is 11.0. The third-order valence-corrected chi connectivity index (χ3v) is 6.42. The highest BCUT2D eigenvalue weighted by atomic mass is 16.5. The van der Waals surface area contributed by atoms with E-state index in [9.17, 15) is 0 Å². The van der Waals surface area contributed by atoms with E-state index in [1.165, 1.54) is 36.9 Å². The molecule has 0 aliphatic carbocycles. The second kappa shape index (κ2) is 9.54. The first-order chi connectivity index (χ1) is 15.8. The Labute approximate surface area is 189 Å². The van der Waals surface area contributed by atoms with Crippen molar-refractivity contribution < 1.29 is 4.74 Å². The number of anilines is 2. The van der Waals surface area contributed by atoms with Crippen LogP contribution in [0, 0.1) is 0 Å². The van der Waals surface area contributed by atoms with Crippen molar-refractivity contribution in [2.24, 2.45) is 0 Å². The van der Waals surface area contributed by atoms with E-state index in [4.69, 9.17) is 14.7 Å². The fraction of sp³-hybridized carbons (Fsp3) is 0.500. The molecule has 2 aliphatic rings. The van der Waals surface area contributed by atoms with Gasteiger partial charge in [0.15, 0.2) is 0 Å². The summed E-state index contributed by atoms with van der Waals surface area (Å²) in [5.74, 6) is 1.41. The van der Waals surface area contributed by atoms with Gasteiger partial charge in [0.05, 0.1) is 25.7 Å². The van der Waals surface area contributed by atoms with Gasteiger partial charge in [-0.25, -0.2) is 4.98 Å². The Morgan fingerprint density at radius 3 is 2.38 bits per heavy atom. The molecule has 1 saturated heterocycles. The summed E-state index contributed by atoms with van der Waals surface area (Å²) in [7, 11) is 1.62. The predicted octanol–water partition coefficient (Wildman–Crippen LogP) is 3.26. The van der Waals surface area contributed by atoms with Crippen molar-refractivity contribution >= 4 is 11.9 Å². The Bertz CT molecular complexity index is 1030. The summed E-state index contributed by atoms with van der Waals surface area (Å²) < 4.78 is 7.72. The van der Waals surface area contributed by atoms with Gasteiger partial charge in [0.2, 0.25) is 11.9 Å². The van der Waals surface area contributed by atoms with Gasteiger partial charge in [-0.15, -0.1) is 0 Å². The lowest BCUT2D eigenvalue weighted by molar-refractivity contribution is 0.377. The maximum atomic E-state index is 5.42. The maximum absolute atomic E-state index is 5.42. The zero-order valence-electron chi connectivity index (χ0n) is 18.8. The molecule has 0 unspecified atom stereocenters. The van der Waals surface area contributed by atoms with Crippen LogP contribution in [0.3, 0.4) is 0 Å². The molecule has 0 radical (unpaired) electrons. The number of aromatic nitrogens is 5. The Hall–Kier alpha value is -3.16. The molecule has 0 saturated carbocycles. The van der Waals surface area contributed by atoms with Crippen molar-refractivity contribution in [1.82, 2.24) is 24.5 Å². The highest BCUT2D eigenvalue weighted by molar-refractivity contribution is 5.42. The third kappa shape index (κ3) is 4.54. The molecule has 0 amide bonds. The van der Waals surface area contributed by atoms with Gasteiger partial charge in [0.25, 0.3) is 0 Å². The van der Waals surface area contributed by atoms with Crippen molar-refractivity contribution in [2.75, 3.05) is 36.5 Å². The zero-order chi connectivity index (χ0) is 21.8. The van der Waals surface area contributed by atoms with Crippen LogP contribution in [-0.2, 0) is 25.9 Å². The molecule has 168 valence electrons. The molecule has 8 nitrogen and oxygen atoms in total. The van der Waals surface area contributed by atoms with Crippen LogP contribution >= 0.6 is 0 Å². The monoisotopic (exact) mass is 433 g/mol. The molecular weight excluding hydrogens is 402 g/mol. The van der Waals surface area contributed by atoms with Crippen LogP contribution in [-0.4, -0.2) is 51.2 Å². The van der Waals surface area contributed by atoms with E-state index in [1.54, 1.807) is 7.11 Å². The van der Waals surface area contributed by atoms with Crippen molar-refractivity contribution in [3.05, 3.63) is 53.6 Å². The largest absolute Gasteiger partial charge is 0.467 e. The molecule has 32 heavy (non-hydrogen) atoms. The molecule has 1 aromatic carbocycles.